The van der Waals surface area contributed by atoms with Crippen molar-refractivity contribution in [2.45, 2.75) is 168 Å². The maximum Gasteiger partial charge on any atom is 0.165 e. The Kier molecular flexibility index (Phi) is 29.6. The minimum absolute atomic E-state index is 0. The van der Waals surface area contributed by atoms with Crippen molar-refractivity contribution in [1.82, 2.24) is 0 Å². The summed E-state index contributed by atoms with van der Waals surface area (Å²) in [5.41, 5.74) is 11.9. The largest absolute Gasteiger partial charge is 0.494 e. The fraction of sp³-hybridized carbons (Fsp3) is 0.419. The van der Waals surface area contributed by atoms with Gasteiger partial charge in [0.05, 0.1) is 17.2 Å². The number of rotatable bonds is 7. The van der Waals surface area contributed by atoms with Crippen molar-refractivity contribution in [1.29, 1.82) is 0 Å². The van der Waals surface area contributed by atoms with E-state index in [1.165, 1.54) is 53.6 Å². The molecule has 9 heteroatoms. The van der Waals surface area contributed by atoms with Gasteiger partial charge in [0, 0.05) is 6.07 Å². The number of ether oxygens (including phenoxy) is 1. The minimum Gasteiger partial charge on any atom is -0.494 e. The molecule has 0 saturated heterocycles. The summed E-state index contributed by atoms with van der Waals surface area (Å²) in [5, 5.41) is 0.457. The van der Waals surface area contributed by atoms with Crippen LogP contribution in [-0.2, 0) is 0 Å². The standard InChI is InChI=1S/C11H16.2C10H12ClF.C10H12F2.C10H13FO.C10H13F.CH4/c1-8(2)11-6-5-9(3)10(4)7-11;1-6(2)8-4-7(3)10(11)9(12)5-8;1-6(2)8-4-7(3)10(12)9(11)5-8;1-6(2)10-7(3)4-8(11)5-9(10)12;1-7(2)8-4-5-10(12-3)9(11)6-8;1-7(2)9-4-5-10(11)8(3)6-9;/h5-8H,1-4H3;3*4-6H,1-3H3;4-7H,1-3H3;4-7H,1-3H3;1H4. The Bertz CT molecular complexity index is 2370. The van der Waals surface area contributed by atoms with Crippen LogP contribution in [0.15, 0.2) is 91.0 Å². The van der Waals surface area contributed by atoms with E-state index in [2.05, 4.69) is 73.6 Å². The Balaban J connectivity index is 0.000000826. The van der Waals surface area contributed by atoms with Crippen LogP contribution in [0.1, 0.15) is 193 Å². The third kappa shape index (κ3) is 22.3. The zero-order valence-electron chi connectivity index (χ0n) is 45.1. The summed E-state index contributed by atoms with van der Waals surface area (Å²) in [5.74, 6) is 0.646. The average molecular weight is 1030 g/mol. The number of hydrogen-bond donors (Lipinski definition) is 0. The summed E-state index contributed by atoms with van der Waals surface area (Å²) >= 11 is 11.4. The first kappa shape index (κ1) is 66.3. The van der Waals surface area contributed by atoms with Gasteiger partial charge in [-0.3, -0.25) is 0 Å². The highest BCUT2D eigenvalue weighted by atomic mass is 35.5. The molecule has 71 heavy (non-hydrogen) atoms. The van der Waals surface area contributed by atoms with Crippen LogP contribution < -0.4 is 4.74 Å². The molecule has 0 unspecified atom stereocenters. The highest BCUT2D eigenvalue weighted by molar-refractivity contribution is 6.31. The molecule has 0 aliphatic rings. The van der Waals surface area contributed by atoms with Crippen molar-refractivity contribution < 1.29 is 31.1 Å². The second-order valence-electron chi connectivity index (χ2n) is 19.6. The predicted molar refractivity (Wildman–Crippen MR) is 295 cm³/mol. The molecule has 392 valence electrons. The highest BCUT2D eigenvalue weighted by Crippen LogP contribution is 2.27. The van der Waals surface area contributed by atoms with Crippen molar-refractivity contribution in [3.05, 3.63) is 203 Å². The van der Waals surface area contributed by atoms with Crippen molar-refractivity contribution in [3.8, 4) is 5.75 Å². The molecular formula is C62H82Cl2F6O. The molecule has 0 aliphatic heterocycles. The molecule has 1 nitrogen and oxygen atoms in total. The van der Waals surface area contributed by atoms with E-state index in [-0.39, 0.29) is 46.7 Å². The van der Waals surface area contributed by atoms with Crippen LogP contribution >= 0.6 is 23.2 Å². The van der Waals surface area contributed by atoms with E-state index in [1.54, 1.807) is 32.9 Å². The molecule has 0 aliphatic carbocycles. The summed E-state index contributed by atoms with van der Waals surface area (Å²) in [4.78, 5) is 0. The molecule has 0 fully saturated rings. The van der Waals surface area contributed by atoms with Gasteiger partial charge in [-0.15, -0.1) is 0 Å². The lowest BCUT2D eigenvalue weighted by Crippen LogP contribution is -1.97. The molecule has 6 aromatic carbocycles. The van der Waals surface area contributed by atoms with E-state index in [0.717, 1.165) is 33.9 Å². The van der Waals surface area contributed by atoms with E-state index in [9.17, 15) is 26.3 Å². The molecule has 0 spiro atoms. The summed E-state index contributed by atoms with van der Waals surface area (Å²) < 4.78 is 82.5. The van der Waals surface area contributed by atoms with Crippen LogP contribution in [0.25, 0.3) is 0 Å². The van der Waals surface area contributed by atoms with E-state index < -0.39 is 11.6 Å². The Morgan fingerprint density at radius 1 is 0.366 bits per heavy atom. The van der Waals surface area contributed by atoms with Crippen LogP contribution in [0.2, 0.25) is 10.0 Å². The fourth-order valence-electron chi connectivity index (χ4n) is 6.81. The normalized spacial score (nSPS) is 10.5. The predicted octanol–water partition coefficient (Wildman–Crippen LogP) is 21.5. The SMILES string of the molecule is C.COc1ccc(C(C)C)cc1F.Cc1cc(C(C)C)cc(Cl)c1F.Cc1cc(C(C)C)cc(F)c1Cl.Cc1cc(C(C)C)ccc1F.Cc1cc(F)cc(F)c1C(C)C.Cc1ccc(C(C)C)cc1C. The molecule has 6 aromatic rings. The maximum absolute atomic E-state index is 13.1. The number of hydrogen-bond acceptors (Lipinski definition) is 1. The van der Waals surface area contributed by atoms with Crippen LogP contribution in [0.3, 0.4) is 0 Å². The molecule has 0 radical (unpaired) electrons. The minimum atomic E-state index is -0.505. The molecule has 0 saturated carbocycles. The Labute approximate surface area is 435 Å². The van der Waals surface area contributed by atoms with Crippen LogP contribution in [0.4, 0.5) is 26.3 Å². The van der Waals surface area contributed by atoms with Gasteiger partial charge in [0.25, 0.3) is 0 Å². The van der Waals surface area contributed by atoms with Gasteiger partial charge in [0.1, 0.15) is 29.1 Å². The smallest absolute Gasteiger partial charge is 0.165 e. The molecule has 0 N–H and O–H groups in total. The number of aryl methyl sites for hydroxylation is 6. The molecule has 6 rings (SSSR count). The van der Waals surface area contributed by atoms with Crippen molar-refractivity contribution in [2.75, 3.05) is 7.11 Å². The topological polar surface area (TPSA) is 9.23 Å². The number of halogens is 8. The van der Waals surface area contributed by atoms with Crippen LogP contribution in [0, 0.1) is 76.4 Å². The van der Waals surface area contributed by atoms with Crippen LogP contribution in [-0.4, -0.2) is 7.11 Å². The van der Waals surface area contributed by atoms with Gasteiger partial charge in [-0.1, -0.05) is 162 Å². The summed E-state index contributed by atoms with van der Waals surface area (Å²) in [6.07, 6.45) is 0. The first-order valence-corrected chi connectivity index (χ1v) is 24.7. The molecule has 0 bridgehead atoms. The van der Waals surface area contributed by atoms with Gasteiger partial charge in [-0.25, -0.2) is 26.3 Å². The number of methoxy groups -OCH3 is 1. The van der Waals surface area contributed by atoms with E-state index in [0.29, 0.717) is 52.0 Å². The quantitative estimate of drug-likeness (QED) is 0.145. The third-order valence-electron chi connectivity index (χ3n) is 11.6. The average Bonchev–Trinajstić information content (AvgIpc) is 3.26. The lowest BCUT2D eigenvalue weighted by Gasteiger charge is -2.10. The van der Waals surface area contributed by atoms with Crippen molar-refractivity contribution in [3.63, 3.8) is 0 Å². The van der Waals surface area contributed by atoms with E-state index >= 15 is 0 Å². The maximum atomic E-state index is 13.1. The Morgan fingerprint density at radius 3 is 1.20 bits per heavy atom. The van der Waals surface area contributed by atoms with E-state index in [4.69, 9.17) is 27.9 Å². The van der Waals surface area contributed by atoms with Crippen molar-refractivity contribution >= 4 is 23.2 Å². The highest BCUT2D eigenvalue weighted by Gasteiger charge is 2.12. The van der Waals surface area contributed by atoms with Gasteiger partial charge in [0.2, 0.25) is 0 Å². The Hall–Kier alpha value is -4.72. The van der Waals surface area contributed by atoms with Gasteiger partial charge in [-0.2, -0.15) is 0 Å². The number of benzene rings is 6. The third-order valence-corrected chi connectivity index (χ3v) is 12.3. The second kappa shape index (κ2) is 31.7. The lowest BCUT2D eigenvalue weighted by molar-refractivity contribution is 0.386. The molecule has 0 heterocycles. The summed E-state index contributed by atoms with van der Waals surface area (Å²) in [6, 6.07) is 26.3. The second-order valence-corrected chi connectivity index (χ2v) is 20.3. The Morgan fingerprint density at radius 2 is 0.789 bits per heavy atom. The van der Waals surface area contributed by atoms with Gasteiger partial charge >= 0.3 is 0 Å². The zero-order valence-corrected chi connectivity index (χ0v) is 46.6. The van der Waals surface area contributed by atoms with Crippen molar-refractivity contribution in [2.24, 2.45) is 0 Å². The molecule has 0 amide bonds. The first-order valence-electron chi connectivity index (χ1n) is 24.0. The van der Waals surface area contributed by atoms with Crippen LogP contribution in [0.5, 0.6) is 5.75 Å². The monoisotopic (exact) mass is 1030 g/mol. The fourth-order valence-corrected chi connectivity index (χ4v) is 7.19. The van der Waals surface area contributed by atoms with E-state index in [1.807, 2.05) is 78.8 Å². The zero-order chi connectivity index (χ0) is 53.9. The summed E-state index contributed by atoms with van der Waals surface area (Å²) in [7, 11) is 1.47. The van der Waals surface area contributed by atoms with Gasteiger partial charge < -0.3 is 4.74 Å². The molecule has 0 atom stereocenters. The first-order chi connectivity index (χ1) is 32.4. The lowest BCUT2D eigenvalue weighted by atomic mass is 9.97. The van der Waals surface area contributed by atoms with Gasteiger partial charge in [0.15, 0.2) is 11.6 Å². The summed E-state index contributed by atoms with van der Waals surface area (Å²) in [6.45, 7) is 36.1. The molecule has 0 aromatic heterocycles. The molecular weight excluding hydrogens is 946 g/mol. The van der Waals surface area contributed by atoms with Gasteiger partial charge in [-0.05, 0) is 180 Å².